The van der Waals surface area contributed by atoms with E-state index < -0.39 is 0 Å². The summed E-state index contributed by atoms with van der Waals surface area (Å²) in [6.45, 7) is 6.37. The van der Waals surface area contributed by atoms with E-state index in [4.69, 9.17) is 11.6 Å². The van der Waals surface area contributed by atoms with E-state index in [1.807, 2.05) is 13.0 Å². The van der Waals surface area contributed by atoms with Crippen LogP contribution in [-0.4, -0.2) is 4.98 Å². The molecule has 2 aromatic rings. The van der Waals surface area contributed by atoms with Gasteiger partial charge in [0.25, 0.3) is 0 Å². The lowest BCUT2D eigenvalue weighted by atomic mass is 10.2. The van der Waals surface area contributed by atoms with Crippen LogP contribution < -0.4 is 5.32 Å². The van der Waals surface area contributed by atoms with Gasteiger partial charge in [0.15, 0.2) is 0 Å². The monoisotopic (exact) mass is 220 g/mol. The van der Waals surface area contributed by atoms with Crippen LogP contribution in [0.25, 0.3) is 10.9 Å². The molecule has 2 N–H and O–H groups in total. The number of halogens is 1. The van der Waals surface area contributed by atoms with Gasteiger partial charge in [0, 0.05) is 21.6 Å². The van der Waals surface area contributed by atoms with Gasteiger partial charge in [-0.15, -0.1) is 0 Å². The Kier molecular flexibility index (Phi) is 2.69. The Balaban J connectivity index is 2.42. The van der Waals surface area contributed by atoms with Crippen molar-refractivity contribution in [3.63, 3.8) is 0 Å². The first-order valence-corrected chi connectivity index (χ1v) is 5.20. The van der Waals surface area contributed by atoms with Crippen molar-refractivity contribution in [2.75, 3.05) is 0 Å². The second-order valence-electron chi connectivity index (χ2n) is 3.57. The fraction of sp³-hybridized carbons (Fsp3) is 0.167. The van der Waals surface area contributed by atoms with E-state index in [0.29, 0.717) is 0 Å². The van der Waals surface area contributed by atoms with Gasteiger partial charge in [0.2, 0.25) is 0 Å². The van der Waals surface area contributed by atoms with Crippen molar-refractivity contribution < 1.29 is 0 Å². The minimum absolute atomic E-state index is 0.759. The van der Waals surface area contributed by atoms with Crippen LogP contribution in [0.2, 0.25) is 5.02 Å². The maximum Gasteiger partial charge on any atom is 0.0545 e. The van der Waals surface area contributed by atoms with Crippen molar-refractivity contribution in [3.05, 3.63) is 47.3 Å². The highest BCUT2D eigenvalue weighted by Crippen LogP contribution is 2.23. The maximum absolute atomic E-state index is 6.06. The Bertz CT molecular complexity index is 461. The molecule has 0 spiro atoms. The van der Waals surface area contributed by atoms with Crippen molar-refractivity contribution in [1.82, 2.24) is 10.3 Å². The Morgan fingerprint density at radius 1 is 1.47 bits per heavy atom. The van der Waals surface area contributed by atoms with E-state index in [-0.39, 0.29) is 0 Å². The summed E-state index contributed by atoms with van der Waals surface area (Å²) in [5.74, 6) is 0. The van der Waals surface area contributed by atoms with E-state index >= 15 is 0 Å². The lowest BCUT2D eigenvalue weighted by Gasteiger charge is -1.96. The summed E-state index contributed by atoms with van der Waals surface area (Å²) in [6, 6.07) is 6.15. The molecule has 0 saturated heterocycles. The lowest BCUT2D eigenvalue weighted by Crippen LogP contribution is -2.03. The van der Waals surface area contributed by atoms with Crippen LogP contribution in [-0.2, 0) is 6.54 Å². The third-order valence-corrected chi connectivity index (χ3v) is 2.80. The summed E-state index contributed by atoms with van der Waals surface area (Å²) in [5.41, 5.74) is 3.35. The van der Waals surface area contributed by atoms with Crippen LogP contribution in [0.5, 0.6) is 0 Å². The Hall–Kier alpha value is -1.41. The fourth-order valence-corrected chi connectivity index (χ4v) is 1.77. The highest BCUT2D eigenvalue weighted by atomic mass is 35.5. The SMILES string of the molecule is C=CNCc1cc2cc(Cl)c(C)cc2[nH]1. The van der Waals surface area contributed by atoms with Gasteiger partial charge in [-0.2, -0.15) is 0 Å². The summed E-state index contributed by atoms with van der Waals surface area (Å²) in [4.78, 5) is 3.33. The summed E-state index contributed by atoms with van der Waals surface area (Å²) >= 11 is 6.06. The first-order chi connectivity index (χ1) is 7.20. The Labute approximate surface area is 93.9 Å². The average molecular weight is 221 g/mol. The van der Waals surface area contributed by atoms with Crippen LogP contribution in [0.3, 0.4) is 0 Å². The van der Waals surface area contributed by atoms with Crippen LogP contribution in [0.1, 0.15) is 11.3 Å². The first kappa shape index (κ1) is 10.1. The van der Waals surface area contributed by atoms with Crippen molar-refractivity contribution in [3.8, 4) is 0 Å². The topological polar surface area (TPSA) is 27.8 Å². The molecule has 15 heavy (non-hydrogen) atoms. The van der Waals surface area contributed by atoms with Crippen LogP contribution >= 0.6 is 11.6 Å². The molecule has 78 valence electrons. The van der Waals surface area contributed by atoms with E-state index in [1.165, 1.54) is 0 Å². The molecular weight excluding hydrogens is 208 g/mol. The fourth-order valence-electron chi connectivity index (χ4n) is 1.60. The molecule has 0 unspecified atom stereocenters. The quantitative estimate of drug-likeness (QED) is 0.816. The summed E-state index contributed by atoms with van der Waals surface area (Å²) in [6.07, 6.45) is 1.68. The van der Waals surface area contributed by atoms with Crippen molar-refractivity contribution in [1.29, 1.82) is 0 Å². The minimum atomic E-state index is 0.759. The van der Waals surface area contributed by atoms with Gasteiger partial charge in [-0.1, -0.05) is 18.2 Å². The van der Waals surface area contributed by atoms with Gasteiger partial charge in [0.05, 0.1) is 6.54 Å². The third kappa shape index (κ3) is 2.00. The number of aryl methyl sites for hydroxylation is 1. The normalized spacial score (nSPS) is 10.5. The molecule has 0 saturated carbocycles. The Morgan fingerprint density at radius 2 is 2.27 bits per heavy atom. The second kappa shape index (κ2) is 3.99. The highest BCUT2D eigenvalue weighted by molar-refractivity contribution is 6.32. The number of fused-ring (bicyclic) bond motifs is 1. The highest BCUT2D eigenvalue weighted by Gasteiger charge is 2.03. The molecule has 2 rings (SSSR count). The summed E-state index contributed by atoms with van der Waals surface area (Å²) < 4.78 is 0. The van der Waals surface area contributed by atoms with Gasteiger partial charge in [-0.25, -0.2) is 0 Å². The number of aromatic nitrogens is 1. The number of aromatic amines is 1. The van der Waals surface area contributed by atoms with E-state index in [9.17, 15) is 0 Å². The zero-order valence-corrected chi connectivity index (χ0v) is 9.36. The molecule has 0 radical (unpaired) electrons. The molecule has 0 atom stereocenters. The van der Waals surface area contributed by atoms with Crippen molar-refractivity contribution in [2.24, 2.45) is 0 Å². The van der Waals surface area contributed by atoms with Crippen LogP contribution in [0.15, 0.2) is 31.0 Å². The number of hydrogen-bond donors (Lipinski definition) is 2. The summed E-state index contributed by atoms with van der Waals surface area (Å²) in [5, 5.41) is 5.01. The molecule has 1 heterocycles. The minimum Gasteiger partial charge on any atom is -0.386 e. The van der Waals surface area contributed by atoms with E-state index in [0.717, 1.165) is 33.7 Å². The number of nitrogens with one attached hydrogen (secondary N) is 2. The van der Waals surface area contributed by atoms with Gasteiger partial charge < -0.3 is 10.3 Å². The zero-order chi connectivity index (χ0) is 10.8. The lowest BCUT2D eigenvalue weighted by molar-refractivity contribution is 0.849. The number of benzene rings is 1. The Morgan fingerprint density at radius 3 is 3.00 bits per heavy atom. The second-order valence-corrected chi connectivity index (χ2v) is 3.98. The molecule has 3 heteroatoms. The number of rotatable bonds is 3. The third-order valence-electron chi connectivity index (χ3n) is 2.39. The van der Waals surface area contributed by atoms with E-state index in [1.54, 1.807) is 6.20 Å². The molecule has 0 fully saturated rings. The van der Waals surface area contributed by atoms with Crippen molar-refractivity contribution >= 4 is 22.5 Å². The first-order valence-electron chi connectivity index (χ1n) is 4.83. The summed E-state index contributed by atoms with van der Waals surface area (Å²) in [7, 11) is 0. The predicted molar refractivity (Wildman–Crippen MR) is 65.1 cm³/mol. The average Bonchev–Trinajstić information content (AvgIpc) is 2.58. The molecule has 1 aromatic heterocycles. The molecular formula is C12H13ClN2. The van der Waals surface area contributed by atoms with E-state index in [2.05, 4.69) is 29.0 Å². The largest absolute Gasteiger partial charge is 0.386 e. The molecule has 0 amide bonds. The van der Waals surface area contributed by atoms with Crippen LogP contribution in [0, 0.1) is 6.92 Å². The van der Waals surface area contributed by atoms with Gasteiger partial charge in [-0.05, 0) is 36.9 Å². The maximum atomic E-state index is 6.06. The van der Waals surface area contributed by atoms with Gasteiger partial charge in [-0.3, -0.25) is 0 Å². The van der Waals surface area contributed by atoms with Crippen molar-refractivity contribution in [2.45, 2.75) is 13.5 Å². The molecule has 1 aromatic carbocycles. The van der Waals surface area contributed by atoms with Gasteiger partial charge >= 0.3 is 0 Å². The smallest absolute Gasteiger partial charge is 0.0545 e. The molecule has 2 nitrogen and oxygen atoms in total. The molecule has 0 aliphatic carbocycles. The molecule has 0 bridgehead atoms. The standard InChI is InChI=1S/C12H13ClN2/c1-3-14-7-10-5-9-6-11(13)8(2)4-12(9)15-10/h3-6,14-15H,1,7H2,2H3. The predicted octanol–water partition coefficient (Wildman–Crippen LogP) is 3.36. The zero-order valence-electron chi connectivity index (χ0n) is 8.60. The van der Waals surface area contributed by atoms with Crippen LogP contribution in [0.4, 0.5) is 0 Å². The molecule has 0 aliphatic rings. The molecule has 0 aliphatic heterocycles. The van der Waals surface area contributed by atoms with Gasteiger partial charge in [0.1, 0.15) is 0 Å². The number of hydrogen-bond acceptors (Lipinski definition) is 1. The number of H-pyrrole nitrogens is 1.